The van der Waals surface area contributed by atoms with Crippen molar-refractivity contribution in [3.05, 3.63) is 47.4 Å². The molecule has 1 atom stereocenters. The highest BCUT2D eigenvalue weighted by Crippen LogP contribution is 2.35. The predicted octanol–water partition coefficient (Wildman–Crippen LogP) is 3.97. The summed E-state index contributed by atoms with van der Waals surface area (Å²) in [7, 11) is 0. The number of halogens is 3. The van der Waals surface area contributed by atoms with Gasteiger partial charge in [0, 0.05) is 49.8 Å². The van der Waals surface area contributed by atoms with Crippen LogP contribution in [-0.2, 0) is 0 Å². The van der Waals surface area contributed by atoms with Gasteiger partial charge < -0.3 is 9.51 Å². The summed E-state index contributed by atoms with van der Waals surface area (Å²) < 4.78 is 40.3. The van der Waals surface area contributed by atoms with Crippen LogP contribution in [0, 0.1) is 6.92 Å². The van der Waals surface area contributed by atoms with Crippen molar-refractivity contribution in [3.8, 4) is 11.3 Å². The molecule has 0 spiro atoms. The molecule has 172 valence electrons. The molecule has 4 rings (SSSR count). The lowest BCUT2D eigenvalue weighted by Crippen LogP contribution is -2.50. The maximum Gasteiger partial charge on any atom is 0.401 e. The summed E-state index contributed by atoms with van der Waals surface area (Å²) in [6, 6.07) is 5.30. The van der Waals surface area contributed by atoms with Gasteiger partial charge in [0.15, 0.2) is 0 Å². The van der Waals surface area contributed by atoms with Crippen LogP contribution in [0.1, 0.15) is 41.0 Å². The van der Waals surface area contributed by atoms with E-state index in [0.717, 1.165) is 22.5 Å². The van der Waals surface area contributed by atoms with Crippen molar-refractivity contribution in [2.45, 2.75) is 32.5 Å². The number of alkyl halides is 3. The summed E-state index contributed by atoms with van der Waals surface area (Å²) in [6.45, 7) is 4.54. The molecule has 0 amide bonds. The van der Waals surface area contributed by atoms with Crippen LogP contribution in [0.2, 0.25) is 0 Å². The molecule has 0 radical (unpaired) electrons. The van der Waals surface area contributed by atoms with Crippen LogP contribution < -0.4 is 0 Å². The first kappa shape index (κ1) is 22.3. The predicted molar refractivity (Wildman–Crippen MR) is 114 cm³/mol. The number of fused-ring (bicyclic) bond motifs is 1. The molecule has 10 heteroatoms. The Balaban J connectivity index is 1.73. The number of aromatic amines is 1. The number of H-pyrrole nitrogens is 1. The fraction of sp³-hybridized carbons (Fsp3) is 0.455. The molecule has 1 unspecified atom stereocenters. The van der Waals surface area contributed by atoms with Crippen LogP contribution in [0.15, 0.2) is 30.6 Å². The number of nitrogens with zero attached hydrogens (tertiary/aromatic N) is 4. The molecule has 32 heavy (non-hydrogen) atoms. The van der Waals surface area contributed by atoms with Crippen molar-refractivity contribution in [3.63, 3.8) is 0 Å². The van der Waals surface area contributed by atoms with Crippen LogP contribution >= 0.6 is 0 Å². The fourth-order valence-corrected chi connectivity index (χ4v) is 4.74. The number of nitrogens with one attached hydrogen (secondary N) is 1. The molecule has 0 aliphatic carbocycles. The van der Waals surface area contributed by atoms with Crippen LogP contribution in [0.25, 0.3) is 16.8 Å². The zero-order valence-corrected chi connectivity index (χ0v) is 18.0. The summed E-state index contributed by atoms with van der Waals surface area (Å²) in [4.78, 5) is 15.6. The third-order valence-electron chi connectivity index (χ3n) is 6.23. The molecule has 3 aromatic heterocycles. The molecule has 1 aliphatic heterocycles. The van der Waals surface area contributed by atoms with Crippen molar-refractivity contribution in [2.24, 2.45) is 0 Å². The Bertz CT molecular complexity index is 1100. The van der Waals surface area contributed by atoms with Crippen LogP contribution in [0.5, 0.6) is 0 Å². The minimum atomic E-state index is -4.21. The monoisotopic (exact) mass is 449 g/mol. The molecule has 0 aromatic carbocycles. The van der Waals surface area contributed by atoms with E-state index < -0.39 is 18.7 Å². The van der Waals surface area contributed by atoms with E-state index in [0.29, 0.717) is 38.2 Å². The average Bonchev–Trinajstić information content (AvgIpc) is 3.39. The van der Waals surface area contributed by atoms with E-state index >= 15 is 0 Å². The van der Waals surface area contributed by atoms with Gasteiger partial charge in [-0.2, -0.15) is 18.3 Å². The molecule has 0 bridgehead atoms. The largest absolute Gasteiger partial charge is 0.478 e. The molecule has 0 saturated carbocycles. The number of pyridine rings is 1. The van der Waals surface area contributed by atoms with Crippen molar-refractivity contribution in [1.82, 2.24) is 24.4 Å². The van der Waals surface area contributed by atoms with Gasteiger partial charge in [0.05, 0.1) is 29.4 Å². The first-order valence-electron chi connectivity index (χ1n) is 10.6. The van der Waals surface area contributed by atoms with Crippen LogP contribution in [-0.4, -0.2) is 74.4 Å². The minimum absolute atomic E-state index is 0.119. The highest BCUT2D eigenvalue weighted by atomic mass is 19.4. The Hall–Kier alpha value is -2.85. The SMILES string of the molecule is CCC(c1c(C)c(C(=O)O)cc2c(-c3ccn[nH]3)ccn12)N1CCN(CC(F)(F)F)CC1. The zero-order chi connectivity index (χ0) is 23.0. The number of rotatable bonds is 6. The van der Waals surface area contributed by atoms with Crippen molar-refractivity contribution in [2.75, 3.05) is 32.7 Å². The maximum absolute atomic E-state index is 12.8. The highest BCUT2D eigenvalue weighted by molar-refractivity contribution is 5.93. The van der Waals surface area contributed by atoms with Gasteiger partial charge in [-0.15, -0.1) is 0 Å². The lowest BCUT2D eigenvalue weighted by Gasteiger charge is -2.40. The Kier molecular flexibility index (Phi) is 6.00. The molecule has 7 nitrogen and oxygen atoms in total. The Morgan fingerprint density at radius 2 is 1.97 bits per heavy atom. The van der Waals surface area contributed by atoms with Gasteiger partial charge in [-0.1, -0.05) is 6.92 Å². The number of aromatic nitrogens is 3. The number of carbonyl (C=O) groups is 1. The van der Waals surface area contributed by atoms with E-state index in [2.05, 4.69) is 15.1 Å². The van der Waals surface area contributed by atoms with Gasteiger partial charge in [-0.3, -0.25) is 14.9 Å². The van der Waals surface area contributed by atoms with Crippen molar-refractivity contribution in [1.29, 1.82) is 0 Å². The van der Waals surface area contributed by atoms with Crippen molar-refractivity contribution >= 4 is 11.5 Å². The number of carboxylic acids is 1. The third-order valence-corrected chi connectivity index (χ3v) is 6.23. The lowest BCUT2D eigenvalue weighted by atomic mass is 9.97. The van der Waals surface area contributed by atoms with Gasteiger partial charge in [-0.05, 0) is 37.1 Å². The normalized spacial score (nSPS) is 17.2. The fourth-order valence-electron chi connectivity index (χ4n) is 4.74. The lowest BCUT2D eigenvalue weighted by molar-refractivity contribution is -0.150. The Morgan fingerprint density at radius 3 is 2.53 bits per heavy atom. The van der Waals surface area contributed by atoms with E-state index in [1.54, 1.807) is 19.2 Å². The molecule has 2 N–H and O–H groups in total. The summed E-state index contributed by atoms with van der Waals surface area (Å²) in [6.07, 6.45) is 0.0539. The molecule has 1 aliphatic rings. The highest BCUT2D eigenvalue weighted by Gasteiger charge is 2.34. The molecule has 3 aromatic rings. The molecule has 4 heterocycles. The van der Waals surface area contributed by atoms with Crippen LogP contribution in [0.4, 0.5) is 13.2 Å². The van der Waals surface area contributed by atoms with Crippen LogP contribution in [0.3, 0.4) is 0 Å². The number of hydrogen-bond donors (Lipinski definition) is 2. The van der Waals surface area contributed by atoms with Gasteiger partial charge in [0.1, 0.15) is 0 Å². The number of carboxylic acid groups (broad SMARTS) is 1. The first-order chi connectivity index (χ1) is 15.2. The quantitative estimate of drug-likeness (QED) is 0.596. The smallest absolute Gasteiger partial charge is 0.401 e. The summed E-state index contributed by atoms with van der Waals surface area (Å²) in [5, 5.41) is 16.8. The second-order valence-electron chi connectivity index (χ2n) is 8.18. The van der Waals surface area contributed by atoms with Gasteiger partial charge >= 0.3 is 12.1 Å². The molecule has 1 saturated heterocycles. The van der Waals surface area contributed by atoms with Gasteiger partial charge in [-0.25, -0.2) is 4.79 Å². The number of hydrogen-bond acceptors (Lipinski definition) is 4. The van der Waals surface area contributed by atoms with Gasteiger partial charge in [0.2, 0.25) is 0 Å². The number of aromatic carboxylic acids is 1. The average molecular weight is 449 g/mol. The Morgan fingerprint density at radius 1 is 1.25 bits per heavy atom. The molecular weight excluding hydrogens is 423 g/mol. The second kappa shape index (κ2) is 8.59. The van der Waals surface area contributed by atoms with E-state index in [1.807, 2.05) is 29.7 Å². The van der Waals surface area contributed by atoms with Crippen molar-refractivity contribution < 1.29 is 23.1 Å². The van der Waals surface area contributed by atoms with E-state index in [9.17, 15) is 23.1 Å². The van der Waals surface area contributed by atoms with E-state index in [-0.39, 0.29) is 11.6 Å². The van der Waals surface area contributed by atoms with E-state index in [4.69, 9.17) is 0 Å². The minimum Gasteiger partial charge on any atom is -0.478 e. The molecule has 1 fully saturated rings. The topological polar surface area (TPSA) is 76.9 Å². The number of piperazine rings is 1. The van der Waals surface area contributed by atoms with E-state index in [1.165, 1.54) is 4.90 Å². The van der Waals surface area contributed by atoms with Gasteiger partial charge in [0.25, 0.3) is 0 Å². The maximum atomic E-state index is 12.8. The molecular formula is C22H26F3N5O2. The third kappa shape index (κ3) is 4.24. The standard InChI is InChI=1S/C22H26F3N5O2/c1-3-18(29-10-8-28(9-11-29)13-22(23,24)25)20-14(2)16(21(31)32)12-19-15(5-7-30(19)20)17-4-6-26-27-17/h4-7,12,18H,3,8-11,13H2,1-2H3,(H,26,27)(H,31,32). The summed E-state index contributed by atoms with van der Waals surface area (Å²) >= 11 is 0. The first-order valence-corrected chi connectivity index (χ1v) is 10.6. The second-order valence-corrected chi connectivity index (χ2v) is 8.18. The summed E-state index contributed by atoms with van der Waals surface area (Å²) in [5.74, 6) is -1.01. The Labute approximate surface area is 183 Å². The zero-order valence-electron chi connectivity index (χ0n) is 18.0. The summed E-state index contributed by atoms with van der Waals surface area (Å²) in [5.41, 5.74) is 4.13.